The van der Waals surface area contributed by atoms with Gasteiger partial charge in [0.25, 0.3) is 0 Å². The van der Waals surface area contributed by atoms with Gasteiger partial charge in [0.2, 0.25) is 0 Å². The van der Waals surface area contributed by atoms with Gasteiger partial charge in [-0.05, 0) is 7.05 Å². The van der Waals surface area contributed by atoms with E-state index in [2.05, 4.69) is 28.9 Å². The molecular formula is C10H18N4. The van der Waals surface area contributed by atoms with E-state index in [0.29, 0.717) is 0 Å². The zero-order chi connectivity index (χ0) is 10.6. The molecule has 0 amide bonds. The summed E-state index contributed by atoms with van der Waals surface area (Å²) in [6.07, 6.45) is 4.41. The minimum Gasteiger partial charge on any atom is -0.319 e. The van der Waals surface area contributed by atoms with Crippen LogP contribution >= 0.6 is 0 Å². The van der Waals surface area contributed by atoms with Crippen LogP contribution in [0.4, 0.5) is 0 Å². The van der Waals surface area contributed by atoms with Crippen molar-refractivity contribution in [3.05, 3.63) is 24.8 Å². The van der Waals surface area contributed by atoms with E-state index in [4.69, 9.17) is 0 Å². The maximum Gasteiger partial charge on any atom is 0.138 e. The van der Waals surface area contributed by atoms with E-state index in [1.165, 1.54) is 0 Å². The van der Waals surface area contributed by atoms with Crippen molar-refractivity contribution in [1.29, 1.82) is 0 Å². The largest absolute Gasteiger partial charge is 0.319 e. The van der Waals surface area contributed by atoms with E-state index in [9.17, 15) is 0 Å². The van der Waals surface area contributed by atoms with E-state index in [1.807, 2.05) is 20.2 Å². The van der Waals surface area contributed by atoms with E-state index in [-0.39, 0.29) is 5.41 Å². The Balaban J connectivity index is 2.74. The minimum absolute atomic E-state index is 0.0372. The molecular weight excluding hydrogens is 176 g/mol. The van der Waals surface area contributed by atoms with Crippen LogP contribution in [0.5, 0.6) is 0 Å². The molecule has 1 atom stereocenters. The molecule has 0 spiro atoms. The monoisotopic (exact) mass is 194 g/mol. The molecule has 1 unspecified atom stereocenters. The number of hydrogen-bond acceptors (Lipinski definition) is 3. The standard InChI is InChI=1S/C10H18N4/c1-5-10(2,7-11-3)6-9-12-8-13-14(9)4/h5,8,11H,1,6-7H2,2-4H3. The van der Waals surface area contributed by atoms with Gasteiger partial charge in [0.15, 0.2) is 0 Å². The molecule has 78 valence electrons. The lowest BCUT2D eigenvalue weighted by Crippen LogP contribution is -2.30. The summed E-state index contributed by atoms with van der Waals surface area (Å²) in [6, 6.07) is 0. The number of nitrogens with one attached hydrogen (secondary N) is 1. The number of aryl methyl sites for hydroxylation is 1. The number of aromatic nitrogens is 3. The molecule has 0 aliphatic carbocycles. The molecule has 0 fully saturated rings. The lowest BCUT2D eigenvalue weighted by molar-refractivity contribution is 0.390. The Bertz CT molecular complexity index is 305. The van der Waals surface area contributed by atoms with Crippen LogP contribution in [-0.4, -0.2) is 28.4 Å². The lowest BCUT2D eigenvalue weighted by atomic mass is 9.86. The lowest BCUT2D eigenvalue weighted by Gasteiger charge is -2.24. The van der Waals surface area contributed by atoms with Crippen LogP contribution in [0.15, 0.2) is 19.0 Å². The van der Waals surface area contributed by atoms with Gasteiger partial charge in [-0.1, -0.05) is 13.0 Å². The van der Waals surface area contributed by atoms with Crippen molar-refractivity contribution in [2.24, 2.45) is 12.5 Å². The molecule has 14 heavy (non-hydrogen) atoms. The first-order valence-corrected chi connectivity index (χ1v) is 4.72. The second-order valence-electron chi connectivity index (χ2n) is 3.87. The average Bonchev–Trinajstić information content (AvgIpc) is 2.52. The summed E-state index contributed by atoms with van der Waals surface area (Å²) in [5, 5.41) is 7.21. The predicted molar refractivity (Wildman–Crippen MR) is 56.9 cm³/mol. The third kappa shape index (κ3) is 2.42. The van der Waals surface area contributed by atoms with Gasteiger partial charge >= 0.3 is 0 Å². The van der Waals surface area contributed by atoms with E-state index >= 15 is 0 Å². The molecule has 4 heteroatoms. The van der Waals surface area contributed by atoms with Crippen LogP contribution in [0.2, 0.25) is 0 Å². The Morgan fingerprint density at radius 1 is 1.71 bits per heavy atom. The van der Waals surface area contributed by atoms with Crippen LogP contribution in [0.1, 0.15) is 12.7 Å². The van der Waals surface area contributed by atoms with Gasteiger partial charge in [0, 0.05) is 25.4 Å². The SMILES string of the molecule is C=CC(C)(CNC)Cc1ncnn1C. The Morgan fingerprint density at radius 3 is 2.86 bits per heavy atom. The number of nitrogens with zero attached hydrogens (tertiary/aromatic N) is 3. The summed E-state index contributed by atoms with van der Waals surface area (Å²) in [5.74, 6) is 0.989. The molecule has 1 N–H and O–H groups in total. The van der Waals surface area contributed by atoms with Crippen molar-refractivity contribution >= 4 is 0 Å². The quantitative estimate of drug-likeness (QED) is 0.704. The molecule has 0 bridgehead atoms. The second kappa shape index (κ2) is 4.37. The first kappa shape index (κ1) is 10.9. The van der Waals surface area contributed by atoms with Crippen LogP contribution < -0.4 is 5.32 Å². The smallest absolute Gasteiger partial charge is 0.138 e. The van der Waals surface area contributed by atoms with Crippen molar-refractivity contribution < 1.29 is 0 Å². The molecule has 0 radical (unpaired) electrons. The second-order valence-corrected chi connectivity index (χ2v) is 3.87. The normalized spacial score (nSPS) is 15.1. The van der Waals surface area contributed by atoms with E-state index in [1.54, 1.807) is 11.0 Å². The highest BCUT2D eigenvalue weighted by atomic mass is 15.3. The van der Waals surface area contributed by atoms with Crippen molar-refractivity contribution in [2.75, 3.05) is 13.6 Å². The Morgan fingerprint density at radius 2 is 2.43 bits per heavy atom. The molecule has 0 aromatic carbocycles. The highest BCUT2D eigenvalue weighted by Gasteiger charge is 2.22. The third-order valence-electron chi connectivity index (χ3n) is 2.44. The van der Waals surface area contributed by atoms with Gasteiger partial charge in [-0.3, -0.25) is 4.68 Å². The van der Waals surface area contributed by atoms with Gasteiger partial charge in [-0.15, -0.1) is 6.58 Å². The van der Waals surface area contributed by atoms with Gasteiger partial charge < -0.3 is 5.32 Å². The molecule has 1 aromatic heterocycles. The predicted octanol–water partition coefficient (Wildman–Crippen LogP) is 0.769. The van der Waals surface area contributed by atoms with Crippen LogP contribution in [0.3, 0.4) is 0 Å². The highest BCUT2D eigenvalue weighted by molar-refractivity contribution is 5.01. The maximum atomic E-state index is 4.21. The summed E-state index contributed by atoms with van der Waals surface area (Å²) < 4.78 is 1.80. The Kier molecular flexibility index (Phi) is 3.41. The number of rotatable bonds is 5. The molecule has 4 nitrogen and oxygen atoms in total. The summed E-state index contributed by atoms with van der Waals surface area (Å²) >= 11 is 0. The molecule has 0 saturated carbocycles. The number of hydrogen-bond donors (Lipinski definition) is 1. The van der Waals surface area contributed by atoms with Crippen molar-refractivity contribution in [3.63, 3.8) is 0 Å². The summed E-state index contributed by atoms with van der Waals surface area (Å²) in [5.41, 5.74) is 0.0372. The average molecular weight is 194 g/mol. The molecule has 1 aromatic rings. The molecule has 1 rings (SSSR count). The highest BCUT2D eigenvalue weighted by Crippen LogP contribution is 2.21. The first-order chi connectivity index (χ1) is 6.61. The van der Waals surface area contributed by atoms with E-state index in [0.717, 1.165) is 18.8 Å². The zero-order valence-electron chi connectivity index (χ0n) is 9.12. The van der Waals surface area contributed by atoms with Crippen molar-refractivity contribution in [2.45, 2.75) is 13.3 Å². The summed E-state index contributed by atoms with van der Waals surface area (Å²) in [4.78, 5) is 4.21. The van der Waals surface area contributed by atoms with Crippen molar-refractivity contribution in [3.8, 4) is 0 Å². The fourth-order valence-corrected chi connectivity index (χ4v) is 1.45. The molecule has 0 saturated heterocycles. The molecule has 0 aliphatic rings. The van der Waals surface area contributed by atoms with Gasteiger partial charge in [-0.2, -0.15) is 5.10 Å². The Labute approximate surface area is 85.0 Å². The first-order valence-electron chi connectivity index (χ1n) is 4.72. The fourth-order valence-electron chi connectivity index (χ4n) is 1.45. The molecule has 1 heterocycles. The Hall–Kier alpha value is -1.16. The van der Waals surface area contributed by atoms with Gasteiger partial charge in [-0.25, -0.2) is 4.98 Å². The fraction of sp³-hybridized carbons (Fsp3) is 0.600. The van der Waals surface area contributed by atoms with Crippen LogP contribution in [-0.2, 0) is 13.5 Å². The minimum atomic E-state index is 0.0372. The van der Waals surface area contributed by atoms with Gasteiger partial charge in [0.05, 0.1) is 0 Å². The third-order valence-corrected chi connectivity index (χ3v) is 2.44. The van der Waals surface area contributed by atoms with Crippen molar-refractivity contribution in [1.82, 2.24) is 20.1 Å². The maximum absolute atomic E-state index is 4.21. The van der Waals surface area contributed by atoms with Crippen LogP contribution in [0, 0.1) is 5.41 Å². The van der Waals surface area contributed by atoms with E-state index < -0.39 is 0 Å². The summed E-state index contributed by atoms with van der Waals surface area (Å²) in [7, 11) is 3.85. The topological polar surface area (TPSA) is 42.7 Å². The summed E-state index contributed by atoms with van der Waals surface area (Å²) in [6.45, 7) is 6.91. The zero-order valence-corrected chi connectivity index (χ0v) is 9.12. The van der Waals surface area contributed by atoms with Gasteiger partial charge in [0.1, 0.15) is 12.2 Å². The van der Waals surface area contributed by atoms with Crippen LogP contribution in [0.25, 0.3) is 0 Å². The molecule has 0 aliphatic heterocycles.